The van der Waals surface area contributed by atoms with Crippen molar-refractivity contribution in [2.75, 3.05) is 12.3 Å². The standard InChI is InChI=1S/C10H15N5O9P2/c11-8-5-9(13-2-12-8)15(3-14-5)10-6(16)7(24-25(17)18)4(23-10)1-22-26(19,20)21/h2-4,6-7,10,16,25H,1H2,(H,17,18)(H2,11,12,13)(H2,19,20,21)/t4-,6-,7-,10-/m1/s1. The van der Waals surface area contributed by atoms with Gasteiger partial charge >= 0.3 is 16.1 Å². The van der Waals surface area contributed by atoms with Crippen molar-refractivity contribution < 1.29 is 42.7 Å². The summed E-state index contributed by atoms with van der Waals surface area (Å²) in [6.07, 6.45) is -2.89. The van der Waals surface area contributed by atoms with Crippen molar-refractivity contribution in [2.24, 2.45) is 0 Å². The predicted octanol–water partition coefficient (Wildman–Crippen LogP) is -1.46. The topological polar surface area (TPSA) is 212 Å². The van der Waals surface area contributed by atoms with E-state index in [2.05, 4.69) is 19.5 Å². The molecule has 1 unspecified atom stereocenters. The molecule has 5 atom stereocenters. The summed E-state index contributed by atoms with van der Waals surface area (Å²) in [7, 11) is -8.32. The molecule has 0 amide bonds. The number of nitrogens with zero attached hydrogens (tertiary/aromatic N) is 4. The van der Waals surface area contributed by atoms with Gasteiger partial charge in [0.15, 0.2) is 17.7 Å². The fraction of sp³-hybridized carbons (Fsp3) is 0.500. The van der Waals surface area contributed by atoms with Crippen LogP contribution in [0.3, 0.4) is 0 Å². The monoisotopic (exact) mass is 411 g/mol. The van der Waals surface area contributed by atoms with Crippen LogP contribution in [0.1, 0.15) is 6.23 Å². The summed E-state index contributed by atoms with van der Waals surface area (Å²) in [6.45, 7) is -0.693. The van der Waals surface area contributed by atoms with Crippen molar-refractivity contribution in [3.8, 4) is 0 Å². The van der Waals surface area contributed by atoms with Crippen LogP contribution in [-0.4, -0.2) is 64.2 Å². The molecule has 0 aliphatic carbocycles. The molecular weight excluding hydrogens is 396 g/mol. The SMILES string of the molecule is Nc1ncnc2c1ncn2[C@@H]1O[C@H](COP(=O)(O)O)[C@@H](O[PH](=O)O)[C@H]1O. The number of phosphoric ester groups is 1. The van der Waals surface area contributed by atoms with Gasteiger partial charge in [-0.2, -0.15) is 0 Å². The second kappa shape index (κ2) is 7.27. The van der Waals surface area contributed by atoms with Crippen LogP contribution in [0.25, 0.3) is 11.2 Å². The van der Waals surface area contributed by atoms with E-state index < -0.39 is 47.2 Å². The van der Waals surface area contributed by atoms with Gasteiger partial charge in [0.2, 0.25) is 0 Å². The number of aromatic nitrogens is 4. The molecule has 2 aromatic heterocycles. The Hall–Kier alpha value is -1.47. The minimum Gasteiger partial charge on any atom is -0.386 e. The summed E-state index contributed by atoms with van der Waals surface area (Å²) in [5, 5.41) is 10.4. The molecule has 2 aromatic rings. The molecule has 0 spiro atoms. The van der Waals surface area contributed by atoms with E-state index >= 15 is 0 Å². The molecule has 3 rings (SSSR count). The lowest BCUT2D eigenvalue weighted by molar-refractivity contribution is -0.0497. The van der Waals surface area contributed by atoms with Gasteiger partial charge in [0.1, 0.15) is 30.2 Å². The summed E-state index contributed by atoms with van der Waals surface area (Å²) in [5.74, 6) is 0.0934. The number of nitrogen functional groups attached to an aromatic ring is 1. The lowest BCUT2D eigenvalue weighted by Crippen LogP contribution is -2.35. The first-order chi connectivity index (χ1) is 12.2. The Morgan fingerprint density at radius 2 is 2.12 bits per heavy atom. The van der Waals surface area contributed by atoms with Crippen LogP contribution in [-0.2, 0) is 22.9 Å². The molecule has 0 aromatic carbocycles. The maximum Gasteiger partial charge on any atom is 0.469 e. The number of fused-ring (bicyclic) bond motifs is 1. The molecule has 1 aliphatic rings. The Balaban J connectivity index is 1.91. The molecule has 3 heterocycles. The van der Waals surface area contributed by atoms with Crippen molar-refractivity contribution in [3.05, 3.63) is 12.7 Å². The van der Waals surface area contributed by atoms with Crippen LogP contribution >= 0.6 is 16.1 Å². The fourth-order valence-electron chi connectivity index (χ4n) is 2.57. The third kappa shape index (κ3) is 3.93. The van der Waals surface area contributed by atoms with Crippen LogP contribution in [0.5, 0.6) is 0 Å². The van der Waals surface area contributed by atoms with Gasteiger partial charge in [0, 0.05) is 0 Å². The van der Waals surface area contributed by atoms with Gasteiger partial charge in [0.05, 0.1) is 12.9 Å². The minimum atomic E-state index is -4.83. The van der Waals surface area contributed by atoms with Gasteiger partial charge < -0.3 is 34.8 Å². The molecule has 144 valence electrons. The van der Waals surface area contributed by atoms with Gasteiger partial charge in [-0.25, -0.2) is 19.5 Å². The normalized spacial score (nSPS) is 27.8. The van der Waals surface area contributed by atoms with Crippen molar-refractivity contribution in [3.63, 3.8) is 0 Å². The second-order valence-corrected chi connectivity index (χ2v) is 7.28. The van der Waals surface area contributed by atoms with E-state index in [1.807, 2.05) is 0 Å². The van der Waals surface area contributed by atoms with E-state index in [1.54, 1.807) is 0 Å². The van der Waals surface area contributed by atoms with Crippen molar-refractivity contribution in [2.45, 2.75) is 24.5 Å². The van der Waals surface area contributed by atoms with E-state index in [0.29, 0.717) is 0 Å². The van der Waals surface area contributed by atoms with Gasteiger partial charge in [0.25, 0.3) is 0 Å². The Kier molecular flexibility index (Phi) is 5.40. The molecule has 1 saturated heterocycles. The zero-order chi connectivity index (χ0) is 19.1. The lowest BCUT2D eigenvalue weighted by atomic mass is 10.1. The van der Waals surface area contributed by atoms with E-state index in [0.717, 1.165) is 0 Å². The third-order valence-corrected chi connectivity index (χ3v) is 4.57. The largest absolute Gasteiger partial charge is 0.469 e. The number of hydrogen-bond donors (Lipinski definition) is 5. The number of anilines is 1. The van der Waals surface area contributed by atoms with E-state index in [-0.39, 0.29) is 17.0 Å². The summed E-state index contributed by atoms with van der Waals surface area (Å²) in [5.41, 5.74) is 6.15. The number of phosphoric acid groups is 1. The summed E-state index contributed by atoms with van der Waals surface area (Å²) >= 11 is 0. The van der Waals surface area contributed by atoms with Crippen LogP contribution in [0.4, 0.5) is 5.82 Å². The predicted molar refractivity (Wildman–Crippen MR) is 83.7 cm³/mol. The van der Waals surface area contributed by atoms with E-state index in [1.165, 1.54) is 17.2 Å². The maximum absolute atomic E-state index is 11.0. The van der Waals surface area contributed by atoms with Crippen LogP contribution < -0.4 is 5.73 Å². The summed E-state index contributed by atoms with van der Waals surface area (Å²) in [4.78, 5) is 38.4. The quantitative estimate of drug-likeness (QED) is 0.344. The van der Waals surface area contributed by atoms with Gasteiger partial charge in [-0.15, -0.1) is 0 Å². The van der Waals surface area contributed by atoms with Crippen molar-refractivity contribution >= 4 is 33.1 Å². The zero-order valence-corrected chi connectivity index (χ0v) is 14.7. The number of rotatable bonds is 6. The van der Waals surface area contributed by atoms with Gasteiger partial charge in [-0.05, 0) is 0 Å². The fourth-order valence-corrected chi connectivity index (χ4v) is 3.44. The Morgan fingerprint density at radius 3 is 2.77 bits per heavy atom. The average molecular weight is 411 g/mol. The number of aliphatic hydroxyl groups excluding tert-OH is 1. The molecular formula is C10H15N5O9P2. The first kappa shape index (κ1) is 19.3. The highest BCUT2D eigenvalue weighted by molar-refractivity contribution is 7.46. The maximum atomic E-state index is 11.0. The Bertz CT molecular complexity index is 872. The number of aliphatic hydroxyl groups is 1. The lowest BCUT2D eigenvalue weighted by Gasteiger charge is -2.19. The van der Waals surface area contributed by atoms with Crippen molar-refractivity contribution in [1.82, 2.24) is 19.5 Å². The first-order valence-electron chi connectivity index (χ1n) is 7.03. The number of hydrogen-bond acceptors (Lipinski definition) is 10. The highest BCUT2D eigenvalue weighted by Crippen LogP contribution is 2.41. The number of imidazole rings is 1. The van der Waals surface area contributed by atoms with Crippen LogP contribution in [0, 0.1) is 0 Å². The average Bonchev–Trinajstić information content (AvgIpc) is 3.08. The molecule has 0 bridgehead atoms. The zero-order valence-electron chi connectivity index (χ0n) is 12.8. The summed E-state index contributed by atoms with van der Waals surface area (Å²) in [6, 6.07) is 0. The molecule has 0 saturated carbocycles. The first-order valence-corrected chi connectivity index (χ1v) is 9.83. The molecule has 1 aliphatic heterocycles. The number of nitrogens with two attached hydrogens (primary N) is 1. The molecule has 0 radical (unpaired) electrons. The molecule has 6 N–H and O–H groups in total. The minimum absolute atomic E-state index is 0.0934. The molecule has 1 fully saturated rings. The molecule has 26 heavy (non-hydrogen) atoms. The number of ether oxygens (including phenoxy) is 1. The summed E-state index contributed by atoms with van der Waals surface area (Å²) < 4.78 is 37.9. The van der Waals surface area contributed by atoms with E-state index in [9.17, 15) is 14.2 Å². The van der Waals surface area contributed by atoms with Crippen LogP contribution in [0.2, 0.25) is 0 Å². The van der Waals surface area contributed by atoms with Gasteiger partial charge in [-0.1, -0.05) is 0 Å². The third-order valence-electron chi connectivity index (χ3n) is 3.61. The smallest absolute Gasteiger partial charge is 0.386 e. The van der Waals surface area contributed by atoms with Crippen molar-refractivity contribution in [1.29, 1.82) is 0 Å². The Labute approximate surface area is 145 Å². The van der Waals surface area contributed by atoms with E-state index in [4.69, 9.17) is 29.7 Å². The molecule has 14 nitrogen and oxygen atoms in total. The highest BCUT2D eigenvalue weighted by atomic mass is 31.2. The Morgan fingerprint density at radius 1 is 1.38 bits per heavy atom. The van der Waals surface area contributed by atoms with Gasteiger partial charge in [-0.3, -0.25) is 13.7 Å². The molecule has 16 heteroatoms. The van der Waals surface area contributed by atoms with Crippen LogP contribution in [0.15, 0.2) is 12.7 Å². The second-order valence-electron chi connectivity index (χ2n) is 5.27. The highest BCUT2D eigenvalue weighted by Gasteiger charge is 2.47.